The summed E-state index contributed by atoms with van der Waals surface area (Å²) in [6.07, 6.45) is 1.82. The summed E-state index contributed by atoms with van der Waals surface area (Å²) in [4.78, 5) is 17.5. The molecule has 0 unspecified atom stereocenters. The molecule has 1 saturated heterocycles. The fourth-order valence-electron chi connectivity index (χ4n) is 3.71. The van der Waals surface area contributed by atoms with Gasteiger partial charge in [-0.05, 0) is 36.8 Å². The normalized spacial score (nSPS) is 20.9. The first kappa shape index (κ1) is 17.6. The molecule has 0 saturated carbocycles. The first-order chi connectivity index (χ1) is 12.5. The molecule has 1 fully saturated rings. The number of thioether (sulfide) groups is 1. The van der Waals surface area contributed by atoms with Crippen LogP contribution in [-0.4, -0.2) is 28.0 Å². The van der Waals surface area contributed by atoms with E-state index in [2.05, 4.69) is 43.2 Å². The molecule has 138 valence electrons. The van der Waals surface area contributed by atoms with Crippen molar-refractivity contribution in [2.75, 3.05) is 13.2 Å². The Morgan fingerprint density at radius 2 is 1.92 bits per heavy atom. The van der Waals surface area contributed by atoms with E-state index in [1.54, 1.807) is 11.8 Å². The summed E-state index contributed by atoms with van der Waals surface area (Å²) in [5.41, 5.74) is 3.23. The fourth-order valence-corrected chi connectivity index (χ4v) is 4.81. The van der Waals surface area contributed by atoms with E-state index in [9.17, 15) is 4.79 Å². The Labute approximate surface area is 157 Å². The minimum Gasteiger partial charge on any atom is -0.381 e. The van der Waals surface area contributed by atoms with Gasteiger partial charge in [-0.1, -0.05) is 49.9 Å². The van der Waals surface area contributed by atoms with Gasteiger partial charge in [0.25, 0.3) is 5.56 Å². The van der Waals surface area contributed by atoms with Gasteiger partial charge in [-0.2, -0.15) is 0 Å². The molecular weight excluding hydrogens is 346 g/mol. The maximum atomic E-state index is 12.8. The van der Waals surface area contributed by atoms with Crippen molar-refractivity contribution in [1.82, 2.24) is 9.78 Å². The van der Waals surface area contributed by atoms with Crippen LogP contribution in [0.2, 0.25) is 0 Å². The molecule has 4 rings (SSSR count). The highest BCUT2D eigenvalue weighted by Gasteiger charge is 2.32. The Hall–Kier alpha value is -1.79. The van der Waals surface area contributed by atoms with Gasteiger partial charge in [0, 0.05) is 13.2 Å². The molecule has 0 spiro atoms. The number of hydrogen-bond donors (Lipinski definition) is 1. The van der Waals surface area contributed by atoms with Gasteiger partial charge in [0.05, 0.1) is 21.9 Å². The lowest BCUT2D eigenvalue weighted by atomic mass is 9.99. The SMILES string of the molecule is CC1=Nc2c(c(=O)[nH]n2C2CCOCC2)[C@@H](c2ccc(C(C)C)cc2)S1. The number of benzene rings is 1. The van der Waals surface area contributed by atoms with Crippen molar-refractivity contribution in [2.24, 2.45) is 4.99 Å². The smallest absolute Gasteiger partial charge is 0.271 e. The summed E-state index contributed by atoms with van der Waals surface area (Å²) >= 11 is 1.66. The fraction of sp³-hybridized carbons (Fsp3) is 0.500. The van der Waals surface area contributed by atoms with Crippen molar-refractivity contribution in [3.8, 4) is 0 Å². The minimum absolute atomic E-state index is 0.00597. The van der Waals surface area contributed by atoms with Crippen LogP contribution < -0.4 is 5.56 Å². The summed E-state index contributed by atoms with van der Waals surface area (Å²) in [6, 6.07) is 8.90. The van der Waals surface area contributed by atoms with Crippen LogP contribution in [0.15, 0.2) is 34.1 Å². The van der Waals surface area contributed by atoms with E-state index in [4.69, 9.17) is 9.73 Å². The molecular formula is C20H25N3O2S. The molecule has 0 radical (unpaired) electrons. The number of aliphatic imine (C=N–C) groups is 1. The van der Waals surface area contributed by atoms with Crippen molar-refractivity contribution in [3.63, 3.8) is 0 Å². The van der Waals surface area contributed by atoms with Gasteiger partial charge in [-0.3, -0.25) is 14.6 Å². The zero-order chi connectivity index (χ0) is 18.3. The third-order valence-electron chi connectivity index (χ3n) is 5.21. The Kier molecular flexibility index (Phi) is 4.80. The number of fused-ring (bicyclic) bond motifs is 1. The Morgan fingerprint density at radius 1 is 1.23 bits per heavy atom. The van der Waals surface area contributed by atoms with Gasteiger partial charge in [0.2, 0.25) is 0 Å². The number of nitrogens with one attached hydrogen (secondary N) is 1. The molecule has 0 amide bonds. The number of hydrogen-bond acceptors (Lipinski definition) is 4. The van der Waals surface area contributed by atoms with E-state index >= 15 is 0 Å². The van der Waals surface area contributed by atoms with Crippen molar-refractivity contribution in [1.29, 1.82) is 0 Å². The molecule has 1 N–H and O–H groups in total. The van der Waals surface area contributed by atoms with Gasteiger partial charge in [-0.25, -0.2) is 4.99 Å². The van der Waals surface area contributed by atoms with Crippen molar-refractivity contribution >= 4 is 22.6 Å². The maximum Gasteiger partial charge on any atom is 0.271 e. The number of aromatic nitrogens is 2. The van der Waals surface area contributed by atoms with Crippen molar-refractivity contribution in [2.45, 2.75) is 50.8 Å². The molecule has 3 heterocycles. The van der Waals surface area contributed by atoms with Crippen LogP contribution in [0.1, 0.15) is 67.5 Å². The van der Waals surface area contributed by atoms with Gasteiger partial charge in [-0.15, -0.1) is 0 Å². The summed E-state index contributed by atoms with van der Waals surface area (Å²) in [7, 11) is 0. The minimum atomic E-state index is -0.0202. The van der Waals surface area contributed by atoms with Crippen LogP contribution in [0.25, 0.3) is 0 Å². The predicted octanol–water partition coefficient (Wildman–Crippen LogP) is 4.54. The summed E-state index contributed by atoms with van der Waals surface area (Å²) in [6.45, 7) is 7.87. The molecule has 2 aliphatic rings. The lowest BCUT2D eigenvalue weighted by Crippen LogP contribution is -2.21. The Balaban J connectivity index is 1.75. The second-order valence-corrected chi connectivity index (χ2v) is 8.64. The van der Waals surface area contributed by atoms with Crippen LogP contribution in [-0.2, 0) is 4.74 Å². The molecule has 6 heteroatoms. The number of rotatable bonds is 3. The Morgan fingerprint density at radius 3 is 2.58 bits per heavy atom. The van der Waals surface area contributed by atoms with Gasteiger partial charge in [0.15, 0.2) is 5.82 Å². The van der Waals surface area contributed by atoms with Crippen molar-refractivity contribution < 1.29 is 4.74 Å². The molecule has 0 aliphatic carbocycles. The molecule has 2 aromatic rings. The highest BCUT2D eigenvalue weighted by atomic mass is 32.2. The largest absolute Gasteiger partial charge is 0.381 e. The quantitative estimate of drug-likeness (QED) is 0.862. The van der Waals surface area contributed by atoms with Crippen LogP contribution >= 0.6 is 11.8 Å². The average molecular weight is 372 g/mol. The maximum absolute atomic E-state index is 12.8. The third-order valence-corrected chi connectivity index (χ3v) is 6.39. The van der Waals surface area contributed by atoms with Crippen LogP contribution in [0.5, 0.6) is 0 Å². The standard InChI is InChI=1S/C20H25N3O2S/c1-12(2)14-4-6-15(7-5-14)18-17-19(21-13(3)26-18)23(22-20(17)24)16-8-10-25-11-9-16/h4-7,12,16,18H,8-11H2,1-3H3,(H,22,24)/t18-/m1/s1. The molecule has 1 atom stereocenters. The first-order valence-electron chi connectivity index (χ1n) is 9.28. The highest BCUT2D eigenvalue weighted by Crippen LogP contribution is 2.44. The van der Waals surface area contributed by atoms with Crippen molar-refractivity contribution in [3.05, 3.63) is 51.3 Å². The van der Waals surface area contributed by atoms with Gasteiger partial charge < -0.3 is 4.74 Å². The highest BCUT2D eigenvalue weighted by molar-refractivity contribution is 8.14. The third kappa shape index (κ3) is 3.16. The topological polar surface area (TPSA) is 59.4 Å². The first-order valence-corrected chi connectivity index (χ1v) is 10.2. The second kappa shape index (κ2) is 7.08. The van der Waals surface area contributed by atoms with E-state index in [1.165, 1.54) is 5.56 Å². The zero-order valence-electron chi connectivity index (χ0n) is 15.5. The Bertz CT molecular complexity index is 873. The monoisotopic (exact) mass is 371 g/mol. The molecule has 2 aliphatic heterocycles. The lowest BCUT2D eigenvalue weighted by Gasteiger charge is -2.26. The lowest BCUT2D eigenvalue weighted by molar-refractivity contribution is 0.0666. The van der Waals surface area contributed by atoms with Crippen LogP contribution in [0.3, 0.4) is 0 Å². The zero-order valence-corrected chi connectivity index (χ0v) is 16.3. The molecule has 1 aromatic carbocycles. The summed E-state index contributed by atoms with van der Waals surface area (Å²) in [5.74, 6) is 1.30. The second-order valence-electron chi connectivity index (χ2n) is 7.34. The van der Waals surface area contributed by atoms with Gasteiger partial charge in [0.1, 0.15) is 0 Å². The predicted molar refractivity (Wildman–Crippen MR) is 107 cm³/mol. The summed E-state index contributed by atoms with van der Waals surface area (Å²) < 4.78 is 7.45. The van der Waals surface area contributed by atoms with Crippen LogP contribution in [0, 0.1) is 0 Å². The summed E-state index contributed by atoms with van der Waals surface area (Å²) in [5, 5.41) is 4.05. The van der Waals surface area contributed by atoms with E-state index in [0.29, 0.717) is 5.92 Å². The van der Waals surface area contributed by atoms with E-state index < -0.39 is 0 Å². The number of nitrogens with zero attached hydrogens (tertiary/aromatic N) is 2. The van der Waals surface area contributed by atoms with E-state index in [1.807, 2.05) is 11.6 Å². The average Bonchev–Trinajstić information content (AvgIpc) is 2.98. The van der Waals surface area contributed by atoms with Crippen LogP contribution in [0.4, 0.5) is 5.82 Å². The van der Waals surface area contributed by atoms with Gasteiger partial charge >= 0.3 is 0 Å². The number of ether oxygens (including phenoxy) is 1. The molecule has 5 nitrogen and oxygen atoms in total. The molecule has 1 aromatic heterocycles. The number of H-pyrrole nitrogens is 1. The number of aromatic amines is 1. The van der Waals surface area contributed by atoms with E-state index in [-0.39, 0.29) is 16.9 Å². The molecule has 0 bridgehead atoms. The van der Waals surface area contributed by atoms with E-state index in [0.717, 1.165) is 48.0 Å². The molecule has 26 heavy (non-hydrogen) atoms.